The van der Waals surface area contributed by atoms with Crippen LogP contribution in [0.4, 0.5) is 4.39 Å². The Morgan fingerprint density at radius 3 is 2.59 bits per heavy atom. The van der Waals surface area contributed by atoms with Crippen LogP contribution in [0.25, 0.3) is 0 Å². The molecular formula is C16H18FNO3S. The molecule has 1 aromatic carbocycles. The first-order valence-corrected chi connectivity index (χ1v) is 8.10. The summed E-state index contributed by atoms with van der Waals surface area (Å²) >= 11 is 1.42. The molecule has 1 heterocycles. The number of nitrogens with one attached hydrogen (secondary N) is 1. The predicted molar refractivity (Wildman–Crippen MR) is 83.4 cm³/mol. The molecule has 6 heteroatoms. The van der Waals surface area contributed by atoms with Crippen molar-refractivity contribution in [2.45, 2.75) is 30.6 Å². The van der Waals surface area contributed by atoms with Crippen LogP contribution in [0.1, 0.15) is 35.6 Å². The number of thioether (sulfide) groups is 1. The third kappa shape index (κ3) is 4.35. The van der Waals surface area contributed by atoms with Crippen molar-refractivity contribution >= 4 is 17.7 Å². The van der Waals surface area contributed by atoms with Crippen molar-refractivity contribution in [3.05, 3.63) is 53.5 Å². The van der Waals surface area contributed by atoms with Gasteiger partial charge in [0.2, 0.25) is 0 Å². The molecule has 2 aromatic rings. The third-order valence-corrected chi connectivity index (χ3v) is 3.84. The van der Waals surface area contributed by atoms with E-state index in [1.165, 1.54) is 36.0 Å². The average Bonchev–Trinajstić information content (AvgIpc) is 2.96. The SMILES string of the molecule is CSc1ccc(C(=O)NC(C)CC(O)c2ccc(F)cc2)o1. The predicted octanol–water partition coefficient (Wildman–Crippen LogP) is 3.38. The molecule has 0 aliphatic rings. The van der Waals surface area contributed by atoms with Gasteiger partial charge in [-0.15, -0.1) is 0 Å². The smallest absolute Gasteiger partial charge is 0.287 e. The van der Waals surface area contributed by atoms with E-state index in [0.717, 1.165) is 0 Å². The molecule has 1 aromatic heterocycles. The van der Waals surface area contributed by atoms with E-state index < -0.39 is 6.10 Å². The van der Waals surface area contributed by atoms with Gasteiger partial charge in [-0.25, -0.2) is 4.39 Å². The van der Waals surface area contributed by atoms with E-state index in [2.05, 4.69) is 5.32 Å². The molecule has 2 unspecified atom stereocenters. The Kier molecular flexibility index (Phi) is 5.63. The second kappa shape index (κ2) is 7.47. The second-order valence-electron chi connectivity index (χ2n) is 5.00. The molecule has 0 aliphatic heterocycles. The van der Waals surface area contributed by atoms with Crippen LogP contribution >= 0.6 is 11.8 Å². The largest absolute Gasteiger partial charge is 0.445 e. The van der Waals surface area contributed by atoms with E-state index in [-0.39, 0.29) is 23.5 Å². The summed E-state index contributed by atoms with van der Waals surface area (Å²) in [6.45, 7) is 1.79. The summed E-state index contributed by atoms with van der Waals surface area (Å²) in [5.41, 5.74) is 0.616. The van der Waals surface area contributed by atoms with Gasteiger partial charge in [-0.2, -0.15) is 0 Å². The lowest BCUT2D eigenvalue weighted by molar-refractivity contribution is 0.0884. The highest BCUT2D eigenvalue weighted by atomic mass is 32.2. The highest BCUT2D eigenvalue weighted by molar-refractivity contribution is 7.98. The lowest BCUT2D eigenvalue weighted by Gasteiger charge is -2.17. The van der Waals surface area contributed by atoms with E-state index >= 15 is 0 Å². The molecule has 2 rings (SSSR count). The molecule has 22 heavy (non-hydrogen) atoms. The fourth-order valence-corrected chi connectivity index (χ4v) is 2.44. The minimum atomic E-state index is -0.769. The van der Waals surface area contributed by atoms with E-state index in [9.17, 15) is 14.3 Å². The number of carbonyl (C=O) groups excluding carboxylic acids is 1. The van der Waals surface area contributed by atoms with Crippen molar-refractivity contribution in [1.29, 1.82) is 0 Å². The number of aliphatic hydroxyl groups is 1. The first-order chi connectivity index (χ1) is 10.5. The normalized spacial score (nSPS) is 13.6. The van der Waals surface area contributed by atoms with E-state index in [0.29, 0.717) is 17.1 Å². The molecule has 0 saturated heterocycles. The van der Waals surface area contributed by atoms with Crippen LogP contribution < -0.4 is 5.32 Å². The van der Waals surface area contributed by atoms with Crippen molar-refractivity contribution in [1.82, 2.24) is 5.32 Å². The molecule has 0 spiro atoms. The number of aliphatic hydroxyl groups excluding tert-OH is 1. The van der Waals surface area contributed by atoms with Crippen LogP contribution in [0, 0.1) is 5.82 Å². The Hall–Kier alpha value is -1.79. The summed E-state index contributed by atoms with van der Waals surface area (Å²) in [6.07, 6.45) is 1.42. The van der Waals surface area contributed by atoms with Crippen LogP contribution in [0.3, 0.4) is 0 Å². The first-order valence-electron chi connectivity index (χ1n) is 6.88. The monoisotopic (exact) mass is 323 g/mol. The van der Waals surface area contributed by atoms with Crippen molar-refractivity contribution in [3.63, 3.8) is 0 Å². The van der Waals surface area contributed by atoms with Gasteiger partial charge in [-0.05, 0) is 49.4 Å². The lowest BCUT2D eigenvalue weighted by atomic mass is 10.0. The van der Waals surface area contributed by atoms with Gasteiger partial charge in [-0.1, -0.05) is 23.9 Å². The van der Waals surface area contributed by atoms with Crippen molar-refractivity contribution in [2.24, 2.45) is 0 Å². The minimum Gasteiger partial charge on any atom is -0.445 e. The van der Waals surface area contributed by atoms with Gasteiger partial charge in [0.05, 0.1) is 6.10 Å². The molecular weight excluding hydrogens is 305 g/mol. The van der Waals surface area contributed by atoms with Gasteiger partial charge in [0.1, 0.15) is 5.82 Å². The summed E-state index contributed by atoms with van der Waals surface area (Å²) in [4.78, 5) is 12.0. The summed E-state index contributed by atoms with van der Waals surface area (Å²) in [6, 6.07) is 8.76. The van der Waals surface area contributed by atoms with Gasteiger partial charge in [-0.3, -0.25) is 4.79 Å². The fourth-order valence-electron chi connectivity index (χ4n) is 2.06. The number of halogens is 1. The van der Waals surface area contributed by atoms with Gasteiger partial charge in [0.25, 0.3) is 5.91 Å². The van der Waals surface area contributed by atoms with Crippen LogP contribution in [0.5, 0.6) is 0 Å². The molecule has 0 fully saturated rings. The van der Waals surface area contributed by atoms with Crippen LogP contribution in [-0.2, 0) is 0 Å². The lowest BCUT2D eigenvalue weighted by Crippen LogP contribution is -2.33. The number of carbonyl (C=O) groups is 1. The Morgan fingerprint density at radius 2 is 2.00 bits per heavy atom. The van der Waals surface area contributed by atoms with Gasteiger partial charge < -0.3 is 14.8 Å². The maximum atomic E-state index is 12.9. The number of hydrogen-bond donors (Lipinski definition) is 2. The first kappa shape index (κ1) is 16.6. The minimum absolute atomic E-state index is 0.243. The molecule has 0 aliphatic carbocycles. The van der Waals surface area contributed by atoms with Crippen molar-refractivity contribution < 1.29 is 18.7 Å². The number of rotatable bonds is 6. The number of benzene rings is 1. The maximum Gasteiger partial charge on any atom is 0.287 e. The van der Waals surface area contributed by atoms with Crippen LogP contribution in [0.2, 0.25) is 0 Å². The number of hydrogen-bond acceptors (Lipinski definition) is 4. The molecule has 118 valence electrons. The molecule has 1 amide bonds. The second-order valence-corrected chi connectivity index (χ2v) is 5.81. The zero-order valence-electron chi connectivity index (χ0n) is 12.4. The third-order valence-electron chi connectivity index (χ3n) is 3.22. The van der Waals surface area contributed by atoms with E-state index in [1.54, 1.807) is 19.1 Å². The Labute approximate surface area is 132 Å². The molecule has 0 saturated carbocycles. The number of amides is 1. The summed E-state index contributed by atoms with van der Waals surface area (Å²) in [5, 5.41) is 13.5. The van der Waals surface area contributed by atoms with Crippen molar-refractivity contribution in [3.8, 4) is 0 Å². The molecule has 0 bridgehead atoms. The molecule has 2 N–H and O–H groups in total. The standard InChI is InChI=1S/C16H18FNO3S/c1-10(9-13(19)11-3-5-12(17)6-4-11)18-16(20)14-7-8-15(21-14)22-2/h3-8,10,13,19H,9H2,1-2H3,(H,18,20). The van der Waals surface area contributed by atoms with E-state index in [4.69, 9.17) is 4.42 Å². The highest BCUT2D eigenvalue weighted by Gasteiger charge is 2.17. The number of furan rings is 1. The van der Waals surface area contributed by atoms with Gasteiger partial charge in [0.15, 0.2) is 10.9 Å². The van der Waals surface area contributed by atoms with Crippen LogP contribution in [0.15, 0.2) is 45.9 Å². The Balaban J connectivity index is 1.90. The molecule has 2 atom stereocenters. The zero-order chi connectivity index (χ0) is 16.1. The van der Waals surface area contributed by atoms with Gasteiger partial charge in [0, 0.05) is 6.04 Å². The Bertz CT molecular complexity index is 627. The maximum absolute atomic E-state index is 12.9. The fraction of sp³-hybridized carbons (Fsp3) is 0.312. The van der Waals surface area contributed by atoms with Gasteiger partial charge >= 0.3 is 0 Å². The summed E-state index contributed by atoms with van der Waals surface area (Å²) in [5.74, 6) is -0.425. The van der Waals surface area contributed by atoms with Crippen LogP contribution in [-0.4, -0.2) is 23.3 Å². The van der Waals surface area contributed by atoms with Crippen molar-refractivity contribution in [2.75, 3.05) is 6.26 Å². The highest BCUT2D eigenvalue weighted by Crippen LogP contribution is 2.20. The quantitative estimate of drug-likeness (QED) is 0.800. The summed E-state index contributed by atoms with van der Waals surface area (Å²) < 4.78 is 18.2. The van der Waals surface area contributed by atoms with E-state index in [1.807, 2.05) is 6.26 Å². The topological polar surface area (TPSA) is 62.5 Å². The molecule has 4 nitrogen and oxygen atoms in total. The zero-order valence-corrected chi connectivity index (χ0v) is 13.2. The Morgan fingerprint density at radius 1 is 1.32 bits per heavy atom. The summed E-state index contributed by atoms with van der Waals surface area (Å²) in [7, 11) is 0. The molecule has 0 radical (unpaired) electrons. The average molecular weight is 323 g/mol.